The molecule has 0 saturated carbocycles. The lowest BCUT2D eigenvalue weighted by molar-refractivity contribution is 0.292. The Morgan fingerprint density at radius 3 is 3.11 bits per heavy atom. The summed E-state index contributed by atoms with van der Waals surface area (Å²) in [6, 6.07) is 3.87. The number of pyridine rings is 1. The van der Waals surface area contributed by atoms with Crippen molar-refractivity contribution >= 4 is 21.4 Å². The molecule has 3 heterocycles. The molecule has 0 amide bonds. The zero-order chi connectivity index (χ0) is 13.1. The summed E-state index contributed by atoms with van der Waals surface area (Å²) in [5.74, 6) is 0. The van der Waals surface area contributed by atoms with Gasteiger partial charge >= 0.3 is 0 Å². The molecule has 3 rings (SSSR count). The maximum Gasteiger partial charge on any atom is 0.214 e. The highest BCUT2D eigenvalue weighted by Crippen LogP contribution is 2.25. The van der Waals surface area contributed by atoms with E-state index in [0.717, 1.165) is 21.3 Å². The van der Waals surface area contributed by atoms with Gasteiger partial charge in [0.2, 0.25) is 10.1 Å². The summed E-state index contributed by atoms with van der Waals surface area (Å²) in [5, 5.41) is 17.2. The van der Waals surface area contributed by atoms with E-state index in [1.165, 1.54) is 11.3 Å². The number of fused-ring (bicyclic) bond motifs is 1. The maximum absolute atomic E-state index is 8.76. The van der Waals surface area contributed by atoms with Crippen LogP contribution in [0.3, 0.4) is 0 Å². The number of imidazole rings is 1. The summed E-state index contributed by atoms with van der Waals surface area (Å²) in [7, 11) is 0. The molecule has 3 aromatic rings. The average molecular weight is 275 g/mol. The molecule has 19 heavy (non-hydrogen) atoms. The van der Waals surface area contributed by atoms with Crippen molar-refractivity contribution in [2.45, 2.75) is 6.42 Å². The third kappa shape index (κ3) is 2.42. The van der Waals surface area contributed by atoms with Crippen molar-refractivity contribution in [3.05, 3.63) is 30.7 Å². The Hall–Kier alpha value is -1.99. The van der Waals surface area contributed by atoms with Gasteiger partial charge in [-0.3, -0.25) is 4.98 Å². The number of rotatable bonds is 5. The Bertz CT molecular complexity index is 663. The van der Waals surface area contributed by atoms with Crippen molar-refractivity contribution in [1.29, 1.82) is 0 Å². The molecule has 0 bridgehead atoms. The number of aromatic nitrogens is 4. The number of nitrogens with one attached hydrogen (secondary N) is 1. The van der Waals surface area contributed by atoms with E-state index in [9.17, 15) is 0 Å². The fourth-order valence-electron chi connectivity index (χ4n) is 1.75. The van der Waals surface area contributed by atoms with E-state index in [2.05, 4.69) is 20.4 Å². The van der Waals surface area contributed by atoms with Crippen LogP contribution in [0.1, 0.15) is 6.42 Å². The molecule has 0 fully saturated rings. The van der Waals surface area contributed by atoms with Crippen LogP contribution in [0, 0.1) is 0 Å². The smallest absolute Gasteiger partial charge is 0.214 e. The summed E-state index contributed by atoms with van der Waals surface area (Å²) in [5.41, 5.74) is 1.91. The SMILES string of the molecule is OCCCNc1nn2c(-c3cccnc3)cnc2s1. The molecule has 0 aliphatic rings. The van der Waals surface area contributed by atoms with E-state index >= 15 is 0 Å². The molecule has 0 spiro atoms. The second kappa shape index (κ2) is 5.33. The van der Waals surface area contributed by atoms with E-state index in [4.69, 9.17) is 5.11 Å². The number of aliphatic hydroxyl groups is 1. The summed E-state index contributed by atoms with van der Waals surface area (Å²) in [6.45, 7) is 0.881. The van der Waals surface area contributed by atoms with Crippen LogP contribution in [-0.4, -0.2) is 37.8 Å². The van der Waals surface area contributed by atoms with Crippen LogP contribution < -0.4 is 5.32 Å². The van der Waals surface area contributed by atoms with E-state index < -0.39 is 0 Å². The minimum absolute atomic E-state index is 0.177. The molecule has 2 N–H and O–H groups in total. The number of hydrogen-bond acceptors (Lipinski definition) is 6. The highest BCUT2D eigenvalue weighted by Gasteiger charge is 2.11. The van der Waals surface area contributed by atoms with Crippen molar-refractivity contribution in [3.63, 3.8) is 0 Å². The fraction of sp³-hybridized carbons (Fsp3) is 0.250. The first-order chi connectivity index (χ1) is 9.38. The lowest BCUT2D eigenvalue weighted by Crippen LogP contribution is -2.03. The number of hydrogen-bond donors (Lipinski definition) is 2. The molecule has 7 heteroatoms. The van der Waals surface area contributed by atoms with E-state index in [1.54, 1.807) is 18.6 Å². The molecule has 0 aliphatic carbocycles. The summed E-state index contributed by atoms with van der Waals surface area (Å²) < 4.78 is 1.81. The monoisotopic (exact) mass is 275 g/mol. The normalized spacial score (nSPS) is 11.0. The minimum Gasteiger partial charge on any atom is -0.396 e. The molecule has 0 atom stereocenters. The molecule has 3 aromatic heterocycles. The second-order valence-corrected chi connectivity index (χ2v) is 4.95. The van der Waals surface area contributed by atoms with Crippen LogP contribution in [0.15, 0.2) is 30.7 Å². The molecule has 0 aliphatic heterocycles. The van der Waals surface area contributed by atoms with Crippen LogP contribution in [0.5, 0.6) is 0 Å². The number of anilines is 1. The quantitative estimate of drug-likeness (QED) is 0.692. The van der Waals surface area contributed by atoms with Gasteiger partial charge in [0.25, 0.3) is 0 Å². The van der Waals surface area contributed by atoms with Gasteiger partial charge in [-0.1, -0.05) is 11.3 Å². The zero-order valence-electron chi connectivity index (χ0n) is 10.2. The van der Waals surface area contributed by atoms with Crippen molar-refractivity contribution in [1.82, 2.24) is 19.6 Å². The third-order valence-electron chi connectivity index (χ3n) is 2.65. The van der Waals surface area contributed by atoms with Crippen LogP contribution in [0.4, 0.5) is 5.13 Å². The first kappa shape index (κ1) is 12.1. The first-order valence-electron chi connectivity index (χ1n) is 5.98. The highest BCUT2D eigenvalue weighted by atomic mass is 32.1. The Morgan fingerprint density at radius 1 is 1.37 bits per heavy atom. The lowest BCUT2D eigenvalue weighted by atomic mass is 10.2. The molecule has 6 nitrogen and oxygen atoms in total. The predicted octanol–water partition coefficient (Wildman–Crippen LogP) is 1.65. The Kier molecular flexibility index (Phi) is 3.39. The highest BCUT2D eigenvalue weighted by molar-refractivity contribution is 7.20. The Balaban J connectivity index is 1.90. The van der Waals surface area contributed by atoms with Gasteiger partial charge in [-0.2, -0.15) is 0 Å². The van der Waals surface area contributed by atoms with Gasteiger partial charge < -0.3 is 10.4 Å². The summed E-state index contributed by atoms with van der Waals surface area (Å²) in [4.78, 5) is 9.29. The van der Waals surface area contributed by atoms with Crippen molar-refractivity contribution in [2.24, 2.45) is 0 Å². The molecule has 0 saturated heterocycles. The van der Waals surface area contributed by atoms with Gasteiger partial charge in [-0.25, -0.2) is 9.50 Å². The molecule has 0 aromatic carbocycles. The fourth-order valence-corrected chi connectivity index (χ4v) is 2.55. The van der Waals surface area contributed by atoms with Crippen molar-refractivity contribution in [2.75, 3.05) is 18.5 Å². The zero-order valence-corrected chi connectivity index (χ0v) is 11.0. The van der Waals surface area contributed by atoms with Crippen molar-refractivity contribution in [3.8, 4) is 11.3 Å². The van der Waals surface area contributed by atoms with Crippen molar-refractivity contribution < 1.29 is 5.11 Å². The van der Waals surface area contributed by atoms with Crippen LogP contribution in [0.25, 0.3) is 16.2 Å². The largest absolute Gasteiger partial charge is 0.396 e. The van der Waals surface area contributed by atoms with Gasteiger partial charge in [-0.05, 0) is 18.6 Å². The number of aliphatic hydroxyl groups excluding tert-OH is 1. The van der Waals surface area contributed by atoms with Gasteiger partial charge in [0, 0.05) is 31.1 Å². The third-order valence-corrected chi connectivity index (χ3v) is 3.53. The van der Waals surface area contributed by atoms with E-state index in [1.807, 2.05) is 16.6 Å². The van der Waals surface area contributed by atoms with Crippen LogP contribution in [0.2, 0.25) is 0 Å². The number of nitrogens with zero attached hydrogens (tertiary/aromatic N) is 4. The average Bonchev–Trinajstić information content (AvgIpc) is 3.00. The molecule has 0 unspecified atom stereocenters. The minimum atomic E-state index is 0.177. The maximum atomic E-state index is 8.76. The van der Waals surface area contributed by atoms with Crippen LogP contribution >= 0.6 is 11.3 Å². The molecular weight excluding hydrogens is 262 g/mol. The topological polar surface area (TPSA) is 75.3 Å². The van der Waals surface area contributed by atoms with Gasteiger partial charge in [-0.15, -0.1) is 5.10 Å². The van der Waals surface area contributed by atoms with Gasteiger partial charge in [0.15, 0.2) is 0 Å². The van der Waals surface area contributed by atoms with Crippen LogP contribution in [-0.2, 0) is 0 Å². The van der Waals surface area contributed by atoms with Gasteiger partial charge in [0.05, 0.1) is 11.9 Å². The second-order valence-electron chi connectivity index (χ2n) is 3.99. The van der Waals surface area contributed by atoms with E-state index in [0.29, 0.717) is 13.0 Å². The first-order valence-corrected chi connectivity index (χ1v) is 6.80. The summed E-state index contributed by atoms with van der Waals surface area (Å²) >= 11 is 1.49. The predicted molar refractivity (Wildman–Crippen MR) is 74.3 cm³/mol. The molecule has 98 valence electrons. The Labute approximate surface area is 113 Å². The molecule has 0 radical (unpaired) electrons. The standard InChI is InChI=1S/C12H13N5OS/c18-6-2-5-14-11-16-17-10(8-15-12(17)19-11)9-3-1-4-13-7-9/h1,3-4,7-8,18H,2,5-6H2,(H,14,16). The lowest BCUT2D eigenvalue weighted by Gasteiger charge is -1.99. The summed E-state index contributed by atoms with van der Waals surface area (Å²) in [6.07, 6.45) is 6.04. The van der Waals surface area contributed by atoms with Gasteiger partial charge in [0.1, 0.15) is 0 Å². The molecular formula is C12H13N5OS. The Morgan fingerprint density at radius 2 is 2.32 bits per heavy atom. The van der Waals surface area contributed by atoms with E-state index in [-0.39, 0.29) is 6.61 Å².